The van der Waals surface area contributed by atoms with Gasteiger partial charge in [0.15, 0.2) is 5.43 Å². The van der Waals surface area contributed by atoms with Gasteiger partial charge in [-0.3, -0.25) is 4.79 Å². The molecule has 0 aromatic carbocycles. The minimum absolute atomic E-state index is 0.200. The molecule has 1 aromatic rings. The van der Waals surface area contributed by atoms with E-state index < -0.39 is 0 Å². The Hall–Kier alpha value is -1.05. The van der Waals surface area contributed by atoms with E-state index in [1.807, 2.05) is 0 Å². The number of hydrogen-bond donors (Lipinski definition) is 1. The molecule has 0 aliphatic heterocycles. The normalized spacial score (nSPS) is 15.2. The highest BCUT2D eigenvalue weighted by atomic mass is 16.1. The molecule has 1 aromatic heterocycles. The number of aryl methyl sites for hydroxylation is 1. The van der Waals surface area contributed by atoms with Crippen LogP contribution in [0.25, 0.3) is 0 Å². The molecule has 0 saturated heterocycles. The van der Waals surface area contributed by atoms with Gasteiger partial charge < -0.3 is 4.98 Å². The van der Waals surface area contributed by atoms with Crippen molar-refractivity contribution in [1.82, 2.24) is 4.98 Å². The topological polar surface area (TPSA) is 32.9 Å². The fourth-order valence-electron chi connectivity index (χ4n) is 1.49. The minimum Gasteiger partial charge on any atom is -0.365 e. The van der Waals surface area contributed by atoms with Crippen LogP contribution in [-0.4, -0.2) is 4.98 Å². The molecule has 1 heterocycles. The lowest BCUT2D eigenvalue weighted by atomic mass is 10.2. The maximum absolute atomic E-state index is 11.1. The number of fused-ring (bicyclic) bond motifs is 1. The average Bonchev–Trinajstić information content (AvgIpc) is 2.36. The van der Waals surface area contributed by atoms with Gasteiger partial charge in [0.2, 0.25) is 0 Å². The second-order valence-electron chi connectivity index (χ2n) is 2.65. The third-order valence-corrected chi connectivity index (χ3v) is 2.01. The van der Waals surface area contributed by atoms with Crippen molar-refractivity contribution in [2.45, 2.75) is 19.3 Å². The fraction of sp³-hybridized carbons (Fsp3) is 0.375. The molecule has 52 valence electrons. The Balaban J connectivity index is 2.70. The summed E-state index contributed by atoms with van der Waals surface area (Å²) in [5, 5.41) is 0. The van der Waals surface area contributed by atoms with Crippen LogP contribution >= 0.6 is 0 Å². The maximum Gasteiger partial charge on any atom is 0.184 e. The van der Waals surface area contributed by atoms with E-state index in [0.29, 0.717) is 0 Å². The molecular weight excluding hydrogens is 126 g/mol. The number of aromatic nitrogens is 1. The van der Waals surface area contributed by atoms with Crippen LogP contribution in [-0.2, 0) is 12.8 Å². The molecule has 10 heavy (non-hydrogen) atoms. The summed E-state index contributed by atoms with van der Waals surface area (Å²) in [6.07, 6.45) is 4.87. The zero-order valence-corrected chi connectivity index (χ0v) is 5.68. The number of rotatable bonds is 0. The first-order chi connectivity index (χ1) is 4.88. The number of aromatic amines is 1. The van der Waals surface area contributed by atoms with E-state index >= 15 is 0 Å². The lowest BCUT2D eigenvalue weighted by Crippen LogP contribution is -2.06. The Labute approximate surface area is 58.9 Å². The summed E-state index contributed by atoms with van der Waals surface area (Å²) in [6, 6.07) is 1.60. The van der Waals surface area contributed by atoms with Crippen molar-refractivity contribution >= 4 is 0 Å². The molecule has 0 unspecified atom stereocenters. The Morgan fingerprint density at radius 1 is 1.40 bits per heavy atom. The summed E-state index contributed by atoms with van der Waals surface area (Å²) < 4.78 is 0. The van der Waals surface area contributed by atoms with Crippen LogP contribution in [0.1, 0.15) is 17.7 Å². The second-order valence-corrected chi connectivity index (χ2v) is 2.65. The van der Waals surface area contributed by atoms with Gasteiger partial charge in [0.1, 0.15) is 0 Å². The Kier molecular flexibility index (Phi) is 1.13. The smallest absolute Gasteiger partial charge is 0.184 e. The Bertz CT molecular complexity index is 300. The van der Waals surface area contributed by atoms with Crippen molar-refractivity contribution in [3.05, 3.63) is 33.7 Å². The average molecular weight is 135 g/mol. The molecule has 0 fully saturated rings. The molecule has 1 aliphatic carbocycles. The van der Waals surface area contributed by atoms with E-state index in [1.54, 1.807) is 12.3 Å². The number of pyridine rings is 1. The molecular formula is C8H9NO. The van der Waals surface area contributed by atoms with Crippen LogP contribution in [0.5, 0.6) is 0 Å². The van der Waals surface area contributed by atoms with Crippen LogP contribution in [0.3, 0.4) is 0 Å². The Morgan fingerprint density at radius 2 is 2.30 bits per heavy atom. The predicted octanol–water partition coefficient (Wildman–Crippen LogP) is 0.864. The van der Waals surface area contributed by atoms with E-state index in [0.717, 1.165) is 30.5 Å². The zero-order chi connectivity index (χ0) is 6.97. The SMILES string of the molecule is O=c1cc[nH]c2c1CCC2. The molecule has 0 amide bonds. The van der Waals surface area contributed by atoms with Crippen LogP contribution in [0.4, 0.5) is 0 Å². The van der Waals surface area contributed by atoms with E-state index in [2.05, 4.69) is 4.98 Å². The van der Waals surface area contributed by atoms with Gasteiger partial charge in [-0.1, -0.05) is 0 Å². The molecule has 0 radical (unpaired) electrons. The first-order valence-electron chi connectivity index (χ1n) is 3.57. The molecule has 0 atom stereocenters. The first-order valence-corrected chi connectivity index (χ1v) is 3.57. The third kappa shape index (κ3) is 0.685. The standard InChI is InChI=1S/C8H9NO/c10-8-4-5-9-7-3-1-2-6(7)8/h4-5H,1-3H2,(H,9,10). The van der Waals surface area contributed by atoms with E-state index in [-0.39, 0.29) is 5.43 Å². The highest BCUT2D eigenvalue weighted by Gasteiger charge is 2.12. The largest absolute Gasteiger partial charge is 0.365 e. The second kappa shape index (κ2) is 1.97. The molecule has 1 aliphatic rings. The van der Waals surface area contributed by atoms with Gasteiger partial charge in [-0.25, -0.2) is 0 Å². The molecule has 1 N–H and O–H groups in total. The van der Waals surface area contributed by atoms with E-state index in [1.165, 1.54) is 0 Å². The van der Waals surface area contributed by atoms with Crippen LogP contribution < -0.4 is 5.43 Å². The lowest BCUT2D eigenvalue weighted by Gasteiger charge is -1.93. The highest BCUT2D eigenvalue weighted by Crippen LogP contribution is 2.14. The molecule has 0 spiro atoms. The summed E-state index contributed by atoms with van der Waals surface area (Å²) in [7, 11) is 0. The Morgan fingerprint density at radius 3 is 3.10 bits per heavy atom. The quantitative estimate of drug-likeness (QED) is 0.562. The van der Waals surface area contributed by atoms with Gasteiger partial charge in [0.25, 0.3) is 0 Å². The molecule has 2 heteroatoms. The van der Waals surface area contributed by atoms with Crippen LogP contribution in [0.15, 0.2) is 17.1 Å². The van der Waals surface area contributed by atoms with E-state index in [4.69, 9.17) is 0 Å². The van der Waals surface area contributed by atoms with Gasteiger partial charge in [0, 0.05) is 23.5 Å². The maximum atomic E-state index is 11.1. The molecule has 0 saturated carbocycles. The van der Waals surface area contributed by atoms with Crippen molar-refractivity contribution in [3.63, 3.8) is 0 Å². The third-order valence-electron chi connectivity index (χ3n) is 2.01. The van der Waals surface area contributed by atoms with Crippen molar-refractivity contribution < 1.29 is 0 Å². The van der Waals surface area contributed by atoms with Crippen LogP contribution in [0.2, 0.25) is 0 Å². The summed E-state index contributed by atoms with van der Waals surface area (Å²) in [5.41, 5.74) is 2.35. The summed E-state index contributed by atoms with van der Waals surface area (Å²) >= 11 is 0. The zero-order valence-electron chi connectivity index (χ0n) is 5.68. The summed E-state index contributed by atoms with van der Waals surface area (Å²) in [6.45, 7) is 0. The number of nitrogens with one attached hydrogen (secondary N) is 1. The van der Waals surface area contributed by atoms with Gasteiger partial charge in [-0.15, -0.1) is 0 Å². The van der Waals surface area contributed by atoms with Crippen molar-refractivity contribution in [2.24, 2.45) is 0 Å². The predicted molar refractivity (Wildman–Crippen MR) is 39.1 cm³/mol. The fourth-order valence-corrected chi connectivity index (χ4v) is 1.49. The van der Waals surface area contributed by atoms with Gasteiger partial charge in [-0.05, 0) is 19.3 Å². The number of hydrogen-bond acceptors (Lipinski definition) is 1. The highest BCUT2D eigenvalue weighted by molar-refractivity contribution is 5.24. The molecule has 0 bridgehead atoms. The monoisotopic (exact) mass is 135 g/mol. The van der Waals surface area contributed by atoms with E-state index in [9.17, 15) is 4.79 Å². The van der Waals surface area contributed by atoms with Crippen molar-refractivity contribution in [2.75, 3.05) is 0 Å². The van der Waals surface area contributed by atoms with Gasteiger partial charge in [0.05, 0.1) is 0 Å². The number of H-pyrrole nitrogens is 1. The van der Waals surface area contributed by atoms with Crippen molar-refractivity contribution in [3.8, 4) is 0 Å². The van der Waals surface area contributed by atoms with Crippen molar-refractivity contribution in [1.29, 1.82) is 0 Å². The molecule has 2 nitrogen and oxygen atoms in total. The minimum atomic E-state index is 0.200. The van der Waals surface area contributed by atoms with Gasteiger partial charge >= 0.3 is 0 Å². The lowest BCUT2D eigenvalue weighted by molar-refractivity contribution is 0.898. The summed E-state index contributed by atoms with van der Waals surface area (Å²) in [4.78, 5) is 14.2. The first kappa shape index (κ1) is 5.71. The van der Waals surface area contributed by atoms with Gasteiger partial charge in [-0.2, -0.15) is 0 Å². The molecule has 2 rings (SSSR count). The summed E-state index contributed by atoms with van der Waals surface area (Å²) in [5.74, 6) is 0. The van der Waals surface area contributed by atoms with Crippen LogP contribution in [0, 0.1) is 0 Å².